The maximum Gasteiger partial charge on any atom is 0.139 e. The first-order valence-electron chi connectivity index (χ1n) is 6.35. The van der Waals surface area contributed by atoms with Gasteiger partial charge in [-0.3, -0.25) is 0 Å². The van der Waals surface area contributed by atoms with Gasteiger partial charge < -0.3 is 4.57 Å². The fraction of sp³-hybridized carbons (Fsp3) is 0.286. The van der Waals surface area contributed by atoms with E-state index in [1.165, 1.54) is 6.07 Å². The van der Waals surface area contributed by atoms with Crippen LogP contribution in [0.1, 0.15) is 29.5 Å². The van der Waals surface area contributed by atoms with Gasteiger partial charge in [-0.25, -0.2) is 14.4 Å². The second kappa shape index (κ2) is 5.66. The van der Waals surface area contributed by atoms with Gasteiger partial charge in [0.1, 0.15) is 16.6 Å². The number of rotatable bonds is 3. The Morgan fingerprint density at radius 2 is 2.19 bits per heavy atom. The predicted octanol–water partition coefficient (Wildman–Crippen LogP) is 5.05. The van der Waals surface area contributed by atoms with E-state index in [-0.39, 0.29) is 17.7 Å². The molecular weight excluding hydrogens is 377 g/mol. The summed E-state index contributed by atoms with van der Waals surface area (Å²) in [5, 5.41) is 3.00. The Hall–Kier alpha value is -0.980. The van der Waals surface area contributed by atoms with Crippen molar-refractivity contribution in [3.8, 4) is 0 Å². The highest BCUT2D eigenvalue weighted by atomic mass is 79.9. The van der Waals surface area contributed by atoms with Gasteiger partial charge in [-0.15, -0.1) is 22.9 Å². The molecule has 1 unspecified atom stereocenters. The van der Waals surface area contributed by atoms with E-state index >= 15 is 0 Å². The molecule has 1 aromatic carbocycles. The average molecular weight is 389 g/mol. The normalized spacial score (nSPS) is 13.0. The van der Waals surface area contributed by atoms with Gasteiger partial charge in [0.15, 0.2) is 0 Å². The third-order valence-corrected chi connectivity index (χ3v) is 5.29. The minimum atomic E-state index is -0.328. The van der Waals surface area contributed by atoms with Gasteiger partial charge >= 0.3 is 0 Å². The first-order valence-corrected chi connectivity index (χ1v) is 8.56. The maximum atomic E-state index is 13.7. The Bertz CT molecular complexity index is 814. The van der Waals surface area contributed by atoms with Crippen molar-refractivity contribution in [2.75, 3.05) is 0 Å². The molecule has 0 saturated carbocycles. The summed E-state index contributed by atoms with van der Waals surface area (Å²) in [6, 6.07) is 3.16. The molecule has 3 aromatic rings. The SMILES string of the molecule is Cc1csc(C(C)n2c(CCl)nc3cc(F)c(Br)cc32)n1. The Morgan fingerprint density at radius 3 is 2.81 bits per heavy atom. The van der Waals surface area contributed by atoms with Crippen LogP contribution in [-0.4, -0.2) is 14.5 Å². The van der Waals surface area contributed by atoms with Gasteiger partial charge in [0.25, 0.3) is 0 Å². The van der Waals surface area contributed by atoms with Crippen molar-refractivity contribution in [2.45, 2.75) is 25.8 Å². The molecular formula is C14H12BrClFN3S. The average Bonchev–Trinajstić information content (AvgIpc) is 3.02. The monoisotopic (exact) mass is 387 g/mol. The first kappa shape index (κ1) is 14.9. The number of hydrogen-bond donors (Lipinski definition) is 0. The van der Waals surface area contributed by atoms with E-state index in [9.17, 15) is 4.39 Å². The van der Waals surface area contributed by atoms with Crippen LogP contribution in [0, 0.1) is 12.7 Å². The molecule has 0 aliphatic carbocycles. The molecule has 1 atom stereocenters. The molecule has 21 heavy (non-hydrogen) atoms. The third-order valence-electron chi connectivity index (χ3n) is 3.31. The van der Waals surface area contributed by atoms with Crippen LogP contribution in [0.4, 0.5) is 4.39 Å². The zero-order valence-electron chi connectivity index (χ0n) is 11.4. The zero-order chi connectivity index (χ0) is 15.1. The summed E-state index contributed by atoms with van der Waals surface area (Å²) in [6.07, 6.45) is 0. The summed E-state index contributed by atoms with van der Waals surface area (Å²) >= 11 is 10.8. The Labute approximate surface area is 138 Å². The zero-order valence-corrected chi connectivity index (χ0v) is 14.6. The van der Waals surface area contributed by atoms with E-state index in [4.69, 9.17) is 11.6 Å². The lowest BCUT2D eigenvalue weighted by atomic mass is 10.2. The lowest BCUT2D eigenvalue weighted by Gasteiger charge is -2.14. The predicted molar refractivity (Wildman–Crippen MR) is 87.6 cm³/mol. The topological polar surface area (TPSA) is 30.7 Å². The van der Waals surface area contributed by atoms with Crippen LogP contribution in [-0.2, 0) is 5.88 Å². The number of thiazole rings is 1. The van der Waals surface area contributed by atoms with Crippen molar-refractivity contribution in [2.24, 2.45) is 0 Å². The molecule has 3 nitrogen and oxygen atoms in total. The van der Waals surface area contributed by atoms with Gasteiger partial charge in [-0.05, 0) is 35.8 Å². The quantitative estimate of drug-likeness (QED) is 0.588. The minimum absolute atomic E-state index is 0.000175. The van der Waals surface area contributed by atoms with E-state index in [2.05, 4.69) is 25.9 Å². The summed E-state index contributed by atoms with van der Waals surface area (Å²) in [6.45, 7) is 4.01. The molecule has 0 N–H and O–H groups in total. The number of aryl methyl sites for hydroxylation is 1. The van der Waals surface area contributed by atoms with Crippen molar-refractivity contribution in [1.29, 1.82) is 0 Å². The van der Waals surface area contributed by atoms with E-state index in [0.717, 1.165) is 16.2 Å². The van der Waals surface area contributed by atoms with Gasteiger partial charge in [0, 0.05) is 17.1 Å². The number of imidazole rings is 1. The van der Waals surface area contributed by atoms with Crippen molar-refractivity contribution in [3.63, 3.8) is 0 Å². The van der Waals surface area contributed by atoms with Crippen molar-refractivity contribution in [3.05, 3.63) is 44.3 Å². The Balaban J connectivity index is 2.22. The molecule has 0 spiro atoms. The highest BCUT2D eigenvalue weighted by Gasteiger charge is 2.20. The lowest BCUT2D eigenvalue weighted by Crippen LogP contribution is -2.09. The minimum Gasteiger partial charge on any atom is -0.317 e. The van der Waals surface area contributed by atoms with Crippen LogP contribution in [0.5, 0.6) is 0 Å². The van der Waals surface area contributed by atoms with Crippen LogP contribution in [0.2, 0.25) is 0 Å². The number of nitrogens with zero attached hydrogens (tertiary/aromatic N) is 3. The van der Waals surface area contributed by atoms with Gasteiger partial charge in [-0.2, -0.15) is 0 Å². The van der Waals surface area contributed by atoms with Crippen LogP contribution in [0.15, 0.2) is 22.0 Å². The fourth-order valence-electron chi connectivity index (χ4n) is 2.34. The molecule has 0 fully saturated rings. The number of aromatic nitrogens is 3. The standard InChI is InChI=1S/C14H12BrClFN3S/c1-7-6-21-14(18-7)8(2)20-12-3-9(15)10(17)4-11(12)19-13(20)5-16/h3-4,6,8H,5H2,1-2H3. The molecule has 0 amide bonds. The highest BCUT2D eigenvalue weighted by Crippen LogP contribution is 2.31. The van der Waals surface area contributed by atoms with E-state index in [1.54, 1.807) is 17.4 Å². The Morgan fingerprint density at radius 1 is 1.43 bits per heavy atom. The summed E-state index contributed by atoms with van der Waals surface area (Å²) in [5.74, 6) is 0.651. The highest BCUT2D eigenvalue weighted by molar-refractivity contribution is 9.10. The molecule has 0 bridgehead atoms. The molecule has 110 valence electrons. The molecule has 0 radical (unpaired) electrons. The number of fused-ring (bicyclic) bond motifs is 1. The molecule has 0 saturated heterocycles. The number of hydrogen-bond acceptors (Lipinski definition) is 3. The van der Waals surface area contributed by atoms with Crippen molar-refractivity contribution >= 4 is 49.9 Å². The third kappa shape index (κ3) is 2.60. The van der Waals surface area contributed by atoms with Crippen LogP contribution in [0.3, 0.4) is 0 Å². The molecule has 7 heteroatoms. The number of benzene rings is 1. The largest absolute Gasteiger partial charge is 0.317 e. The molecule has 2 heterocycles. The summed E-state index contributed by atoms with van der Waals surface area (Å²) < 4.78 is 16.1. The molecule has 0 aliphatic heterocycles. The second-order valence-corrected chi connectivity index (χ2v) is 6.80. The second-order valence-electron chi connectivity index (χ2n) is 4.79. The summed E-state index contributed by atoms with van der Waals surface area (Å²) in [4.78, 5) is 8.96. The molecule has 3 rings (SSSR count). The van der Waals surface area contributed by atoms with Gasteiger partial charge in [0.05, 0.1) is 27.4 Å². The van der Waals surface area contributed by atoms with Crippen LogP contribution in [0.25, 0.3) is 11.0 Å². The van der Waals surface area contributed by atoms with Crippen LogP contribution >= 0.6 is 38.9 Å². The smallest absolute Gasteiger partial charge is 0.139 e. The van der Waals surface area contributed by atoms with Crippen LogP contribution < -0.4 is 0 Å². The van der Waals surface area contributed by atoms with Gasteiger partial charge in [-0.1, -0.05) is 0 Å². The van der Waals surface area contributed by atoms with E-state index in [1.807, 2.05) is 23.8 Å². The molecule has 0 aliphatic rings. The number of halogens is 3. The van der Waals surface area contributed by atoms with Crippen molar-refractivity contribution < 1.29 is 4.39 Å². The van der Waals surface area contributed by atoms with Gasteiger partial charge in [0.2, 0.25) is 0 Å². The number of alkyl halides is 1. The lowest BCUT2D eigenvalue weighted by molar-refractivity contribution is 0.619. The summed E-state index contributed by atoms with van der Waals surface area (Å²) in [7, 11) is 0. The fourth-order valence-corrected chi connectivity index (χ4v) is 3.70. The molecule has 2 aromatic heterocycles. The Kier molecular flexibility index (Phi) is 4.03. The summed E-state index contributed by atoms with van der Waals surface area (Å²) in [5.41, 5.74) is 2.44. The van der Waals surface area contributed by atoms with E-state index in [0.29, 0.717) is 15.8 Å². The first-order chi connectivity index (χ1) is 10.0. The van der Waals surface area contributed by atoms with Crippen molar-refractivity contribution in [1.82, 2.24) is 14.5 Å². The van der Waals surface area contributed by atoms with E-state index < -0.39 is 0 Å². The maximum absolute atomic E-state index is 13.7.